The van der Waals surface area contributed by atoms with Gasteiger partial charge < -0.3 is 10.1 Å². The van der Waals surface area contributed by atoms with Crippen LogP contribution in [0, 0.1) is 4.77 Å². The first-order valence-corrected chi connectivity index (χ1v) is 8.44. The second kappa shape index (κ2) is 6.57. The standard InChI is InChI=1S/C18H15N5O2S/c24-17(25)15-13(12-3-1-2-4-14(12)20-15)7-10-23-16(21-22-18(23)26)11-5-8-19-9-6-11/h1-6,8-9,20H,7,10H2,(H,22,26)(H,24,25). The number of fused-ring (bicyclic) bond motifs is 1. The fourth-order valence-electron chi connectivity index (χ4n) is 3.11. The molecule has 0 aliphatic carbocycles. The lowest BCUT2D eigenvalue weighted by molar-refractivity contribution is 0.0690. The Balaban J connectivity index is 1.72. The minimum atomic E-state index is -0.971. The first-order valence-electron chi connectivity index (χ1n) is 8.03. The molecule has 0 unspecified atom stereocenters. The smallest absolute Gasteiger partial charge is 0.352 e. The SMILES string of the molecule is O=C(O)c1[nH]c2ccccc2c1CCn1c(-c2ccncc2)n[nH]c1=S. The van der Waals surface area contributed by atoms with E-state index < -0.39 is 5.97 Å². The van der Waals surface area contributed by atoms with Gasteiger partial charge in [-0.15, -0.1) is 0 Å². The molecule has 0 amide bonds. The van der Waals surface area contributed by atoms with Crippen LogP contribution < -0.4 is 0 Å². The monoisotopic (exact) mass is 365 g/mol. The van der Waals surface area contributed by atoms with Crippen molar-refractivity contribution in [2.24, 2.45) is 0 Å². The summed E-state index contributed by atoms with van der Waals surface area (Å²) in [4.78, 5) is 18.6. The minimum absolute atomic E-state index is 0.215. The highest BCUT2D eigenvalue weighted by Crippen LogP contribution is 2.24. The Morgan fingerprint density at radius 3 is 2.73 bits per heavy atom. The summed E-state index contributed by atoms with van der Waals surface area (Å²) in [6.07, 6.45) is 3.90. The lowest BCUT2D eigenvalue weighted by atomic mass is 10.1. The fraction of sp³-hybridized carbons (Fsp3) is 0.111. The molecule has 4 aromatic rings. The molecule has 0 fully saturated rings. The van der Waals surface area contributed by atoms with Crippen molar-refractivity contribution in [3.63, 3.8) is 0 Å². The van der Waals surface area contributed by atoms with Crippen LogP contribution in [0.5, 0.6) is 0 Å². The van der Waals surface area contributed by atoms with Crippen LogP contribution in [0.25, 0.3) is 22.3 Å². The number of aryl methyl sites for hydroxylation is 1. The van der Waals surface area contributed by atoms with Crippen molar-refractivity contribution in [1.29, 1.82) is 0 Å². The number of aromatic carboxylic acids is 1. The molecule has 8 heteroatoms. The Morgan fingerprint density at radius 2 is 1.96 bits per heavy atom. The maximum atomic E-state index is 11.6. The number of para-hydroxylation sites is 1. The maximum absolute atomic E-state index is 11.6. The molecule has 0 saturated heterocycles. The predicted octanol–water partition coefficient (Wildman–Crippen LogP) is 3.42. The largest absolute Gasteiger partial charge is 0.477 e. The molecular weight excluding hydrogens is 350 g/mol. The van der Waals surface area contributed by atoms with Gasteiger partial charge in [0.25, 0.3) is 0 Å². The minimum Gasteiger partial charge on any atom is -0.477 e. The number of benzene rings is 1. The highest BCUT2D eigenvalue weighted by Gasteiger charge is 2.17. The molecule has 130 valence electrons. The first-order chi connectivity index (χ1) is 12.6. The number of pyridine rings is 1. The molecule has 1 aromatic carbocycles. The van der Waals surface area contributed by atoms with Crippen molar-refractivity contribution in [2.75, 3.05) is 0 Å². The van der Waals surface area contributed by atoms with E-state index in [2.05, 4.69) is 20.2 Å². The summed E-state index contributed by atoms with van der Waals surface area (Å²) in [5.74, 6) is -0.268. The molecule has 0 aliphatic heterocycles. The molecule has 26 heavy (non-hydrogen) atoms. The van der Waals surface area contributed by atoms with Crippen molar-refractivity contribution >= 4 is 29.1 Å². The number of aromatic nitrogens is 5. The van der Waals surface area contributed by atoms with Crippen molar-refractivity contribution in [1.82, 2.24) is 24.7 Å². The first kappa shape index (κ1) is 16.2. The molecule has 0 saturated carbocycles. The third-order valence-electron chi connectivity index (χ3n) is 4.31. The van der Waals surface area contributed by atoms with E-state index >= 15 is 0 Å². The number of H-pyrrole nitrogens is 2. The molecule has 3 aromatic heterocycles. The second-order valence-electron chi connectivity index (χ2n) is 5.82. The fourth-order valence-corrected chi connectivity index (χ4v) is 3.34. The van der Waals surface area contributed by atoms with Gasteiger partial charge in [-0.1, -0.05) is 18.2 Å². The van der Waals surface area contributed by atoms with E-state index in [9.17, 15) is 9.90 Å². The Bertz CT molecular complexity index is 1140. The lowest BCUT2D eigenvalue weighted by Crippen LogP contribution is -2.07. The quantitative estimate of drug-likeness (QED) is 0.471. The third-order valence-corrected chi connectivity index (χ3v) is 4.62. The van der Waals surface area contributed by atoms with E-state index in [1.165, 1.54) is 0 Å². The van der Waals surface area contributed by atoms with Crippen LogP contribution in [0.2, 0.25) is 0 Å². The van der Waals surface area contributed by atoms with E-state index in [0.29, 0.717) is 23.6 Å². The van der Waals surface area contributed by atoms with E-state index in [1.807, 2.05) is 41.0 Å². The molecule has 4 rings (SSSR count). The van der Waals surface area contributed by atoms with Crippen LogP contribution in [-0.2, 0) is 13.0 Å². The van der Waals surface area contributed by atoms with Gasteiger partial charge in [0, 0.05) is 35.4 Å². The second-order valence-corrected chi connectivity index (χ2v) is 6.21. The van der Waals surface area contributed by atoms with E-state index in [1.54, 1.807) is 12.4 Å². The molecule has 3 N–H and O–H groups in total. The van der Waals surface area contributed by atoms with Gasteiger partial charge in [-0.25, -0.2) is 4.79 Å². The molecule has 0 atom stereocenters. The van der Waals surface area contributed by atoms with Crippen molar-refractivity contribution < 1.29 is 9.90 Å². The zero-order chi connectivity index (χ0) is 18.1. The van der Waals surface area contributed by atoms with Crippen LogP contribution >= 0.6 is 12.2 Å². The van der Waals surface area contributed by atoms with Crippen LogP contribution in [-0.4, -0.2) is 35.8 Å². The zero-order valence-electron chi connectivity index (χ0n) is 13.6. The number of rotatable bonds is 5. The summed E-state index contributed by atoms with van der Waals surface area (Å²) in [5.41, 5.74) is 2.68. The maximum Gasteiger partial charge on any atom is 0.352 e. The van der Waals surface area contributed by atoms with Gasteiger partial charge in [-0.3, -0.25) is 14.6 Å². The number of nitrogens with zero attached hydrogens (tertiary/aromatic N) is 3. The number of carbonyl (C=O) groups is 1. The van der Waals surface area contributed by atoms with Crippen LogP contribution in [0.4, 0.5) is 0 Å². The summed E-state index contributed by atoms with van der Waals surface area (Å²) < 4.78 is 2.37. The zero-order valence-corrected chi connectivity index (χ0v) is 14.5. The molecule has 7 nitrogen and oxygen atoms in total. The summed E-state index contributed by atoms with van der Waals surface area (Å²) in [7, 11) is 0. The number of carboxylic acids is 1. The molecular formula is C18H15N5O2S. The van der Waals surface area contributed by atoms with E-state index in [-0.39, 0.29) is 5.69 Å². The molecule has 0 bridgehead atoms. The Kier molecular flexibility index (Phi) is 4.10. The van der Waals surface area contributed by atoms with E-state index in [0.717, 1.165) is 22.0 Å². The third kappa shape index (κ3) is 2.80. The normalized spacial score (nSPS) is 11.1. The Hall–Kier alpha value is -3.26. The lowest BCUT2D eigenvalue weighted by Gasteiger charge is -2.07. The van der Waals surface area contributed by atoms with Gasteiger partial charge in [-0.05, 0) is 42.4 Å². The van der Waals surface area contributed by atoms with Crippen LogP contribution in [0.3, 0.4) is 0 Å². The van der Waals surface area contributed by atoms with Gasteiger partial charge in [0.15, 0.2) is 10.6 Å². The van der Waals surface area contributed by atoms with Crippen molar-refractivity contribution in [3.05, 3.63) is 64.8 Å². The number of hydrogen-bond donors (Lipinski definition) is 3. The highest BCUT2D eigenvalue weighted by molar-refractivity contribution is 7.71. The number of carboxylic acid groups (broad SMARTS) is 1. The average Bonchev–Trinajstić information content (AvgIpc) is 3.21. The number of nitrogens with one attached hydrogen (secondary N) is 2. The molecule has 3 heterocycles. The van der Waals surface area contributed by atoms with Crippen LogP contribution in [0.15, 0.2) is 48.8 Å². The Morgan fingerprint density at radius 1 is 1.19 bits per heavy atom. The summed E-state index contributed by atoms with van der Waals surface area (Å²) in [6.45, 7) is 0.509. The summed E-state index contributed by atoms with van der Waals surface area (Å²) >= 11 is 5.35. The van der Waals surface area contributed by atoms with Gasteiger partial charge in [-0.2, -0.15) is 5.10 Å². The van der Waals surface area contributed by atoms with Crippen molar-refractivity contribution in [2.45, 2.75) is 13.0 Å². The summed E-state index contributed by atoms with van der Waals surface area (Å²) in [6, 6.07) is 11.3. The van der Waals surface area contributed by atoms with Gasteiger partial charge in [0.1, 0.15) is 5.69 Å². The molecule has 0 aliphatic rings. The highest BCUT2D eigenvalue weighted by atomic mass is 32.1. The molecule has 0 spiro atoms. The number of hydrogen-bond acceptors (Lipinski definition) is 4. The summed E-state index contributed by atoms with van der Waals surface area (Å²) in [5, 5.41) is 17.5. The van der Waals surface area contributed by atoms with E-state index in [4.69, 9.17) is 12.2 Å². The topological polar surface area (TPSA) is 99.6 Å². The predicted molar refractivity (Wildman–Crippen MR) is 99.6 cm³/mol. The van der Waals surface area contributed by atoms with Gasteiger partial charge in [0.2, 0.25) is 0 Å². The number of aromatic amines is 2. The van der Waals surface area contributed by atoms with Gasteiger partial charge in [0.05, 0.1) is 0 Å². The van der Waals surface area contributed by atoms with Crippen LogP contribution in [0.1, 0.15) is 16.1 Å². The van der Waals surface area contributed by atoms with Gasteiger partial charge >= 0.3 is 5.97 Å². The van der Waals surface area contributed by atoms with Crippen molar-refractivity contribution in [3.8, 4) is 11.4 Å². The average molecular weight is 365 g/mol. The molecule has 0 radical (unpaired) electrons. The Labute approximate surface area is 153 Å².